The topological polar surface area (TPSA) is 40.9 Å². The minimum Gasteiger partial charge on any atom is -0.337 e. The summed E-state index contributed by atoms with van der Waals surface area (Å²) < 4.78 is 2.92. The van der Waals surface area contributed by atoms with Gasteiger partial charge in [0.25, 0.3) is 5.91 Å². The van der Waals surface area contributed by atoms with Crippen LogP contribution in [-0.4, -0.2) is 50.8 Å². The second kappa shape index (κ2) is 7.58. The maximum absolute atomic E-state index is 13.0. The third kappa shape index (κ3) is 3.60. The molecule has 2 aromatic heterocycles. The highest BCUT2D eigenvalue weighted by molar-refractivity contribution is 9.10. The van der Waals surface area contributed by atoms with E-state index in [0.29, 0.717) is 11.7 Å². The number of nitrogens with zero attached hydrogens (tertiary/aromatic N) is 4. The molecule has 0 bridgehead atoms. The Morgan fingerprint density at radius 3 is 2.66 bits per heavy atom. The summed E-state index contributed by atoms with van der Waals surface area (Å²) in [5, 5.41) is 0. The number of halogens is 1. The van der Waals surface area contributed by atoms with Gasteiger partial charge in [-0.1, -0.05) is 24.3 Å². The Hall–Kier alpha value is -2.18. The lowest BCUT2D eigenvalue weighted by Gasteiger charge is -2.40. The van der Waals surface area contributed by atoms with E-state index in [0.717, 1.165) is 61.1 Å². The fraction of sp³-hybridized carbons (Fsp3) is 0.391. The van der Waals surface area contributed by atoms with E-state index in [-0.39, 0.29) is 5.91 Å². The number of amides is 1. The summed E-state index contributed by atoms with van der Waals surface area (Å²) in [5.74, 6) is 0.0478. The molecule has 0 radical (unpaired) electrons. The molecule has 0 saturated carbocycles. The zero-order chi connectivity index (χ0) is 20.0. The number of aryl methyl sites for hydroxylation is 1. The monoisotopic (exact) mass is 452 g/mol. The lowest BCUT2D eigenvalue weighted by molar-refractivity contribution is 0.0595. The number of carbonyl (C=O) groups excluding carboxylic acids is 1. The first-order chi connectivity index (χ1) is 14.1. The molecular formula is C23H25BrN4O. The van der Waals surface area contributed by atoms with Crippen molar-refractivity contribution in [1.82, 2.24) is 19.2 Å². The number of rotatable bonds is 2. The van der Waals surface area contributed by atoms with Crippen molar-refractivity contribution in [3.8, 4) is 0 Å². The minimum absolute atomic E-state index is 0.0478. The summed E-state index contributed by atoms with van der Waals surface area (Å²) in [6.07, 6.45) is 7.00. The third-order valence-corrected chi connectivity index (χ3v) is 6.78. The Kier molecular flexibility index (Phi) is 4.92. The van der Waals surface area contributed by atoms with Crippen molar-refractivity contribution in [2.45, 2.75) is 38.8 Å². The summed E-state index contributed by atoms with van der Waals surface area (Å²) in [4.78, 5) is 22.2. The van der Waals surface area contributed by atoms with Crippen molar-refractivity contribution in [3.63, 3.8) is 0 Å². The predicted molar refractivity (Wildman–Crippen MR) is 117 cm³/mol. The van der Waals surface area contributed by atoms with Crippen LogP contribution >= 0.6 is 15.9 Å². The fourth-order valence-electron chi connectivity index (χ4n) is 4.75. The van der Waals surface area contributed by atoms with E-state index in [1.165, 1.54) is 11.1 Å². The number of carbonyl (C=O) groups is 1. The molecule has 1 amide bonds. The number of fused-ring (bicyclic) bond motifs is 2. The number of hydrogen-bond donors (Lipinski definition) is 0. The SMILES string of the molecule is Cc1cc(Br)cn2cc(C(=O)N3CCC(N4CCc5ccccc5C4)CC3)nc12. The van der Waals surface area contributed by atoms with E-state index in [9.17, 15) is 4.79 Å². The maximum atomic E-state index is 13.0. The number of pyridine rings is 1. The summed E-state index contributed by atoms with van der Waals surface area (Å²) in [7, 11) is 0. The fourth-order valence-corrected chi connectivity index (χ4v) is 5.32. The molecule has 2 aliphatic heterocycles. The van der Waals surface area contributed by atoms with Crippen LogP contribution in [0.5, 0.6) is 0 Å². The van der Waals surface area contributed by atoms with Crippen LogP contribution in [0, 0.1) is 6.92 Å². The molecule has 1 fully saturated rings. The Balaban J connectivity index is 1.25. The molecule has 1 saturated heterocycles. The van der Waals surface area contributed by atoms with E-state index in [2.05, 4.69) is 50.1 Å². The molecular weight excluding hydrogens is 428 g/mol. The lowest BCUT2D eigenvalue weighted by atomic mass is 9.95. The Morgan fingerprint density at radius 2 is 1.86 bits per heavy atom. The molecule has 29 heavy (non-hydrogen) atoms. The lowest BCUT2D eigenvalue weighted by Crippen LogP contribution is -2.48. The standard InChI is InChI=1S/C23H25BrN4O/c1-16-12-19(24)14-28-15-21(25-22(16)28)23(29)26-10-7-20(8-11-26)27-9-6-17-4-2-3-5-18(17)13-27/h2-5,12,14-15,20H,6-11,13H2,1H3. The summed E-state index contributed by atoms with van der Waals surface area (Å²) in [6.45, 7) is 5.78. The largest absolute Gasteiger partial charge is 0.337 e. The molecule has 4 heterocycles. The first-order valence-corrected chi connectivity index (χ1v) is 11.1. The molecule has 5 rings (SSSR count). The quantitative estimate of drug-likeness (QED) is 0.588. The molecule has 150 valence electrons. The van der Waals surface area contributed by atoms with Gasteiger partial charge in [0.15, 0.2) is 0 Å². The number of piperidine rings is 1. The summed E-state index contributed by atoms with van der Waals surface area (Å²) >= 11 is 3.51. The Morgan fingerprint density at radius 1 is 1.10 bits per heavy atom. The van der Waals surface area contributed by atoms with E-state index in [1.54, 1.807) is 0 Å². The maximum Gasteiger partial charge on any atom is 0.274 e. The Bertz CT molecular complexity index is 1070. The van der Waals surface area contributed by atoms with Crippen LogP contribution in [0.25, 0.3) is 5.65 Å². The van der Waals surface area contributed by atoms with Gasteiger partial charge >= 0.3 is 0 Å². The average molecular weight is 453 g/mol. The van der Waals surface area contributed by atoms with Crippen LogP contribution in [0.15, 0.2) is 47.2 Å². The number of hydrogen-bond acceptors (Lipinski definition) is 3. The molecule has 0 atom stereocenters. The highest BCUT2D eigenvalue weighted by Gasteiger charge is 2.30. The highest BCUT2D eigenvalue weighted by atomic mass is 79.9. The first kappa shape index (κ1) is 18.8. The molecule has 0 spiro atoms. The second-order valence-electron chi connectivity index (χ2n) is 8.21. The summed E-state index contributed by atoms with van der Waals surface area (Å²) in [5.41, 5.74) is 5.39. The van der Waals surface area contributed by atoms with Gasteiger partial charge in [-0.25, -0.2) is 4.98 Å². The third-order valence-electron chi connectivity index (χ3n) is 6.35. The molecule has 0 aliphatic carbocycles. The molecule has 1 aromatic carbocycles. The number of aromatic nitrogens is 2. The first-order valence-electron chi connectivity index (χ1n) is 10.3. The zero-order valence-corrected chi connectivity index (χ0v) is 18.2. The van der Waals surface area contributed by atoms with Gasteiger partial charge < -0.3 is 9.30 Å². The van der Waals surface area contributed by atoms with Crippen LogP contribution in [0.2, 0.25) is 0 Å². The summed E-state index contributed by atoms with van der Waals surface area (Å²) in [6, 6.07) is 11.4. The van der Waals surface area contributed by atoms with Crippen molar-refractivity contribution in [2.24, 2.45) is 0 Å². The van der Waals surface area contributed by atoms with Gasteiger partial charge in [-0.05, 0) is 64.9 Å². The van der Waals surface area contributed by atoms with Crippen molar-refractivity contribution < 1.29 is 4.79 Å². The van der Waals surface area contributed by atoms with Crippen LogP contribution in [0.1, 0.15) is 40.0 Å². The van der Waals surface area contributed by atoms with Crippen molar-refractivity contribution in [1.29, 1.82) is 0 Å². The highest BCUT2D eigenvalue weighted by Crippen LogP contribution is 2.26. The van der Waals surface area contributed by atoms with E-state index < -0.39 is 0 Å². The van der Waals surface area contributed by atoms with Gasteiger partial charge in [0.05, 0.1) is 0 Å². The van der Waals surface area contributed by atoms with Crippen LogP contribution in [0.3, 0.4) is 0 Å². The van der Waals surface area contributed by atoms with E-state index >= 15 is 0 Å². The molecule has 3 aromatic rings. The van der Waals surface area contributed by atoms with Crippen LogP contribution in [0.4, 0.5) is 0 Å². The molecule has 0 unspecified atom stereocenters. The average Bonchev–Trinajstić information content (AvgIpc) is 3.17. The van der Waals surface area contributed by atoms with Crippen molar-refractivity contribution >= 4 is 27.5 Å². The normalized spacial score (nSPS) is 18.2. The van der Waals surface area contributed by atoms with Gasteiger partial charge in [0, 0.05) is 49.1 Å². The van der Waals surface area contributed by atoms with Gasteiger partial charge in [-0.3, -0.25) is 9.69 Å². The van der Waals surface area contributed by atoms with Gasteiger partial charge in [0.2, 0.25) is 0 Å². The molecule has 0 N–H and O–H groups in total. The molecule has 2 aliphatic rings. The van der Waals surface area contributed by atoms with Crippen LogP contribution in [-0.2, 0) is 13.0 Å². The predicted octanol–water partition coefficient (Wildman–Crippen LogP) is 4.07. The number of benzene rings is 1. The second-order valence-corrected chi connectivity index (χ2v) is 9.13. The van der Waals surface area contributed by atoms with Crippen molar-refractivity contribution in [2.75, 3.05) is 19.6 Å². The number of imidazole rings is 1. The Labute approximate surface area is 179 Å². The molecule has 5 nitrogen and oxygen atoms in total. The number of likely N-dealkylation sites (tertiary alicyclic amines) is 1. The van der Waals surface area contributed by atoms with Gasteiger partial charge in [-0.15, -0.1) is 0 Å². The van der Waals surface area contributed by atoms with E-state index in [1.807, 2.05) is 34.7 Å². The zero-order valence-electron chi connectivity index (χ0n) is 16.6. The van der Waals surface area contributed by atoms with Crippen molar-refractivity contribution in [3.05, 3.63) is 69.6 Å². The smallest absolute Gasteiger partial charge is 0.274 e. The molecule has 6 heteroatoms. The van der Waals surface area contributed by atoms with Gasteiger partial charge in [0.1, 0.15) is 11.3 Å². The van der Waals surface area contributed by atoms with Gasteiger partial charge in [-0.2, -0.15) is 0 Å². The van der Waals surface area contributed by atoms with Crippen LogP contribution < -0.4 is 0 Å². The minimum atomic E-state index is 0.0478. The van der Waals surface area contributed by atoms with E-state index in [4.69, 9.17) is 0 Å².